The third-order valence-corrected chi connectivity index (χ3v) is 9.84. The molecule has 0 bridgehead atoms. The van der Waals surface area contributed by atoms with Crippen LogP contribution >= 0.6 is 23.2 Å². The second kappa shape index (κ2) is 12.6. The van der Waals surface area contributed by atoms with Crippen molar-refractivity contribution in [3.8, 4) is 0 Å². The fourth-order valence-corrected chi connectivity index (χ4v) is 7.42. The maximum Gasteiger partial charge on any atom is 0.308 e. The summed E-state index contributed by atoms with van der Waals surface area (Å²) in [4.78, 5) is 28.0. The van der Waals surface area contributed by atoms with Crippen LogP contribution in [0.2, 0.25) is 10.0 Å². The molecular weight excluding hydrogens is 595 g/mol. The molecule has 42 heavy (non-hydrogen) atoms. The standard InChI is InChI=1S/C32H32Cl2N2O5S/c1-20-27(17-29(37)38)32(39)36(28(22-10-11-22)18-35-42(40,41)19-21-6-3-2-4-7-21)31(23-12-14-25(33)15-13-23)30(20)24-8-5-9-26(34)16-24/h2-9,12-16,22,28,30-31,35H,10-11,17-19H2,1H3,(H,37,38)/t28?,30-,31-/m1/s1. The molecule has 2 N–H and O–H groups in total. The van der Waals surface area contributed by atoms with Gasteiger partial charge in [0.05, 0.1) is 18.2 Å². The van der Waals surface area contributed by atoms with Gasteiger partial charge in [-0.05, 0) is 66.6 Å². The van der Waals surface area contributed by atoms with E-state index in [2.05, 4.69) is 4.72 Å². The first-order valence-corrected chi connectivity index (χ1v) is 16.2. The summed E-state index contributed by atoms with van der Waals surface area (Å²) in [5.74, 6) is -2.05. The zero-order valence-corrected chi connectivity index (χ0v) is 25.4. The normalized spacial score (nSPS) is 20.1. The van der Waals surface area contributed by atoms with Crippen molar-refractivity contribution < 1.29 is 23.1 Å². The number of amides is 1. The first-order chi connectivity index (χ1) is 20.0. The Labute approximate surface area is 256 Å². The molecule has 0 saturated heterocycles. The van der Waals surface area contributed by atoms with E-state index >= 15 is 0 Å². The van der Waals surface area contributed by atoms with Gasteiger partial charge in [-0.2, -0.15) is 0 Å². The number of carboxylic acid groups (broad SMARTS) is 1. The van der Waals surface area contributed by atoms with Crippen molar-refractivity contribution in [1.29, 1.82) is 0 Å². The number of carboxylic acids is 1. The number of halogens is 2. The Morgan fingerprint density at radius 1 is 0.976 bits per heavy atom. The second-order valence-electron chi connectivity index (χ2n) is 11.0. The molecule has 0 spiro atoms. The summed E-state index contributed by atoms with van der Waals surface area (Å²) >= 11 is 12.7. The van der Waals surface area contributed by atoms with Gasteiger partial charge < -0.3 is 10.0 Å². The smallest absolute Gasteiger partial charge is 0.308 e. The lowest BCUT2D eigenvalue weighted by Crippen LogP contribution is -2.54. The van der Waals surface area contributed by atoms with Crippen LogP contribution in [0.25, 0.3) is 0 Å². The van der Waals surface area contributed by atoms with Crippen molar-refractivity contribution in [2.75, 3.05) is 6.54 Å². The number of nitrogens with zero attached hydrogens (tertiary/aromatic N) is 1. The minimum Gasteiger partial charge on any atom is -0.481 e. The number of carbonyl (C=O) groups is 2. The van der Waals surface area contributed by atoms with Gasteiger partial charge in [0, 0.05) is 34.1 Å². The molecule has 1 aliphatic carbocycles. The highest BCUT2D eigenvalue weighted by molar-refractivity contribution is 7.88. The fourth-order valence-electron chi connectivity index (χ4n) is 5.93. The summed E-state index contributed by atoms with van der Waals surface area (Å²) < 4.78 is 29.1. The lowest BCUT2D eigenvalue weighted by molar-refractivity contribution is -0.140. The Kier molecular flexibility index (Phi) is 9.08. The van der Waals surface area contributed by atoms with Crippen molar-refractivity contribution in [2.45, 2.75) is 49.9 Å². The Bertz CT molecular complexity index is 1610. The summed E-state index contributed by atoms with van der Waals surface area (Å²) in [5.41, 5.74) is 3.16. The maximum atomic E-state index is 14.3. The van der Waals surface area contributed by atoms with E-state index in [9.17, 15) is 23.1 Å². The SMILES string of the molecule is CC1=C(CC(=O)O)C(=O)N(C(CNS(=O)(=O)Cc2ccccc2)C2CC2)[C@H](c2ccc(Cl)cc2)[C@H]1c1cccc(Cl)c1. The summed E-state index contributed by atoms with van der Waals surface area (Å²) in [6, 6.07) is 22.5. The molecule has 0 aromatic heterocycles. The molecule has 5 rings (SSSR count). The Balaban J connectivity index is 1.60. The summed E-state index contributed by atoms with van der Waals surface area (Å²) in [6.45, 7) is 1.81. The average molecular weight is 628 g/mol. The Morgan fingerprint density at radius 3 is 2.29 bits per heavy atom. The number of hydrogen-bond donors (Lipinski definition) is 2. The van der Waals surface area contributed by atoms with Crippen LogP contribution in [0.5, 0.6) is 0 Å². The number of aliphatic carboxylic acids is 1. The molecule has 1 aliphatic heterocycles. The van der Waals surface area contributed by atoms with Crippen LogP contribution < -0.4 is 4.72 Å². The number of nitrogens with one attached hydrogen (secondary N) is 1. The van der Waals surface area contributed by atoms with Crippen molar-refractivity contribution in [3.05, 3.63) is 117 Å². The molecule has 3 aromatic rings. The van der Waals surface area contributed by atoms with Gasteiger partial charge in [-0.15, -0.1) is 0 Å². The molecule has 3 aromatic carbocycles. The molecule has 1 fully saturated rings. The van der Waals surface area contributed by atoms with Crippen LogP contribution in [0.4, 0.5) is 0 Å². The highest BCUT2D eigenvalue weighted by Crippen LogP contribution is 2.50. The average Bonchev–Trinajstić information content (AvgIpc) is 3.78. The molecule has 7 nitrogen and oxygen atoms in total. The first-order valence-electron chi connectivity index (χ1n) is 13.8. The predicted molar refractivity (Wildman–Crippen MR) is 164 cm³/mol. The van der Waals surface area contributed by atoms with E-state index in [4.69, 9.17) is 23.2 Å². The van der Waals surface area contributed by atoms with E-state index in [0.717, 1.165) is 24.0 Å². The van der Waals surface area contributed by atoms with Crippen molar-refractivity contribution in [2.24, 2.45) is 5.92 Å². The van der Waals surface area contributed by atoms with Gasteiger partial charge in [-0.25, -0.2) is 13.1 Å². The zero-order chi connectivity index (χ0) is 30.0. The minimum atomic E-state index is -3.72. The van der Waals surface area contributed by atoms with Gasteiger partial charge in [-0.1, -0.05) is 83.4 Å². The largest absolute Gasteiger partial charge is 0.481 e. The zero-order valence-electron chi connectivity index (χ0n) is 23.0. The molecule has 1 saturated carbocycles. The van der Waals surface area contributed by atoms with Crippen molar-refractivity contribution in [1.82, 2.24) is 9.62 Å². The van der Waals surface area contributed by atoms with E-state index < -0.39 is 46.3 Å². The minimum absolute atomic E-state index is 0.0112. The molecule has 1 amide bonds. The highest BCUT2D eigenvalue weighted by Gasteiger charge is 2.48. The maximum absolute atomic E-state index is 14.3. The van der Waals surface area contributed by atoms with Crippen LogP contribution in [0, 0.1) is 5.92 Å². The molecule has 3 atom stereocenters. The van der Waals surface area contributed by atoms with Gasteiger partial charge in [0.1, 0.15) is 0 Å². The van der Waals surface area contributed by atoms with Gasteiger partial charge >= 0.3 is 5.97 Å². The number of sulfonamides is 1. The topological polar surface area (TPSA) is 104 Å². The van der Waals surface area contributed by atoms with E-state index in [1.165, 1.54) is 0 Å². The number of rotatable bonds is 11. The molecule has 220 valence electrons. The molecule has 0 radical (unpaired) electrons. The summed E-state index contributed by atoms with van der Waals surface area (Å²) in [7, 11) is -3.72. The van der Waals surface area contributed by atoms with Crippen molar-refractivity contribution >= 4 is 45.1 Å². The van der Waals surface area contributed by atoms with Gasteiger partial charge in [-0.3, -0.25) is 9.59 Å². The number of hydrogen-bond acceptors (Lipinski definition) is 4. The Hall–Kier alpha value is -3.17. The van der Waals surface area contributed by atoms with Crippen LogP contribution in [0.1, 0.15) is 54.8 Å². The molecule has 2 aliphatic rings. The predicted octanol–water partition coefficient (Wildman–Crippen LogP) is 6.35. The quantitative estimate of drug-likeness (QED) is 0.258. The Morgan fingerprint density at radius 2 is 1.67 bits per heavy atom. The lowest BCUT2D eigenvalue weighted by atomic mass is 9.75. The highest BCUT2D eigenvalue weighted by atomic mass is 35.5. The van der Waals surface area contributed by atoms with E-state index in [1.807, 2.05) is 36.4 Å². The van der Waals surface area contributed by atoms with Crippen LogP contribution in [-0.2, 0) is 25.4 Å². The third kappa shape index (κ3) is 6.89. The van der Waals surface area contributed by atoms with Gasteiger partial charge in [0.2, 0.25) is 10.0 Å². The van der Waals surface area contributed by atoms with E-state index in [1.54, 1.807) is 54.3 Å². The fraction of sp³-hybridized carbons (Fsp3) is 0.312. The lowest BCUT2D eigenvalue weighted by Gasteiger charge is -2.47. The number of benzene rings is 3. The molecular formula is C32H32Cl2N2O5S. The number of carbonyl (C=O) groups excluding carboxylic acids is 1. The third-order valence-electron chi connectivity index (χ3n) is 8.03. The monoisotopic (exact) mass is 626 g/mol. The summed E-state index contributed by atoms with van der Waals surface area (Å²) in [6.07, 6.45) is 1.23. The van der Waals surface area contributed by atoms with Crippen molar-refractivity contribution in [3.63, 3.8) is 0 Å². The molecule has 1 unspecified atom stereocenters. The van der Waals surface area contributed by atoms with Gasteiger partial charge in [0.25, 0.3) is 5.91 Å². The van der Waals surface area contributed by atoms with Crippen LogP contribution in [0.15, 0.2) is 90.0 Å². The second-order valence-corrected chi connectivity index (χ2v) is 13.7. The molecule has 10 heteroatoms. The van der Waals surface area contributed by atoms with Crippen LogP contribution in [0.3, 0.4) is 0 Å². The van der Waals surface area contributed by atoms with Crippen LogP contribution in [-0.4, -0.2) is 42.9 Å². The van der Waals surface area contributed by atoms with E-state index in [-0.39, 0.29) is 23.8 Å². The van der Waals surface area contributed by atoms with Gasteiger partial charge in [0.15, 0.2) is 0 Å². The summed E-state index contributed by atoms with van der Waals surface area (Å²) in [5, 5.41) is 10.8. The first kappa shape index (κ1) is 30.3. The molecule has 1 heterocycles. The van der Waals surface area contributed by atoms with E-state index in [0.29, 0.717) is 21.2 Å².